The number of para-hydroxylation sites is 2. The van der Waals surface area contributed by atoms with Gasteiger partial charge in [0.05, 0.1) is 29.6 Å². The summed E-state index contributed by atoms with van der Waals surface area (Å²) in [5.74, 6) is 1.06. The topological polar surface area (TPSA) is 62.5 Å². The van der Waals surface area contributed by atoms with E-state index < -0.39 is 0 Å². The molecular weight excluding hydrogens is 468 g/mol. The lowest BCUT2D eigenvalue weighted by Crippen LogP contribution is -2.29. The van der Waals surface area contributed by atoms with Crippen LogP contribution in [0.3, 0.4) is 0 Å². The molecule has 3 heterocycles. The first kappa shape index (κ1) is 23.9. The number of ether oxygens (including phenoxy) is 1. The van der Waals surface area contributed by atoms with Gasteiger partial charge in [0.15, 0.2) is 5.11 Å². The number of aryl methyl sites for hydroxylation is 1. The summed E-state index contributed by atoms with van der Waals surface area (Å²) in [5.41, 5.74) is 5.82. The lowest BCUT2D eigenvalue weighted by molar-refractivity contribution is 0.242. The van der Waals surface area contributed by atoms with Crippen LogP contribution in [0, 0.1) is 13.8 Å². The molecule has 2 N–H and O–H groups in total. The second-order valence-electron chi connectivity index (χ2n) is 9.31. The van der Waals surface area contributed by atoms with E-state index in [1.165, 1.54) is 0 Å². The van der Waals surface area contributed by atoms with E-state index in [2.05, 4.69) is 39.7 Å². The van der Waals surface area contributed by atoms with Gasteiger partial charge in [-0.15, -0.1) is 0 Å². The third-order valence-corrected chi connectivity index (χ3v) is 6.81. The van der Waals surface area contributed by atoms with Crippen molar-refractivity contribution in [2.75, 3.05) is 4.90 Å². The standard InChI is InChI=1S/C29H30N4O2S/c1-18(2)35-22-14-12-21(13-15-22)33-28(27(31-29(33)36)24-9-7-8-16-30-24)23-17-19(3)32(20(23)4)25-10-5-6-11-26(25)34/h5-18,27-28,34H,1-4H3,(H,31,36)/t27-,28+/m0/s1. The van der Waals surface area contributed by atoms with Crippen LogP contribution >= 0.6 is 12.2 Å². The fourth-order valence-corrected chi connectivity index (χ4v) is 5.36. The first-order chi connectivity index (χ1) is 17.3. The molecule has 0 amide bonds. The van der Waals surface area contributed by atoms with Gasteiger partial charge in [0.25, 0.3) is 0 Å². The van der Waals surface area contributed by atoms with Crippen LogP contribution in [-0.4, -0.2) is 25.9 Å². The molecule has 5 rings (SSSR count). The number of nitrogens with one attached hydrogen (secondary N) is 1. The number of anilines is 1. The van der Waals surface area contributed by atoms with E-state index >= 15 is 0 Å². The normalized spacial score (nSPS) is 17.5. The number of phenols is 1. The zero-order valence-electron chi connectivity index (χ0n) is 20.8. The van der Waals surface area contributed by atoms with Gasteiger partial charge >= 0.3 is 0 Å². The van der Waals surface area contributed by atoms with Gasteiger partial charge in [-0.2, -0.15) is 0 Å². The van der Waals surface area contributed by atoms with Crippen molar-refractivity contribution in [1.82, 2.24) is 14.9 Å². The number of aromatic hydroxyl groups is 1. The molecule has 36 heavy (non-hydrogen) atoms. The smallest absolute Gasteiger partial charge is 0.174 e. The number of hydrogen-bond acceptors (Lipinski definition) is 4. The van der Waals surface area contributed by atoms with Crippen molar-refractivity contribution in [3.8, 4) is 17.2 Å². The Kier molecular flexibility index (Phi) is 6.41. The van der Waals surface area contributed by atoms with Gasteiger partial charge in [-0.1, -0.05) is 18.2 Å². The minimum absolute atomic E-state index is 0.103. The number of hydrogen-bond donors (Lipinski definition) is 2. The molecule has 1 aliphatic rings. The molecule has 1 saturated heterocycles. The number of thiocarbonyl (C=S) groups is 1. The van der Waals surface area contributed by atoms with E-state index in [-0.39, 0.29) is 23.9 Å². The molecule has 4 aromatic rings. The molecule has 0 bridgehead atoms. The molecule has 184 valence electrons. The van der Waals surface area contributed by atoms with Crippen molar-refractivity contribution in [2.24, 2.45) is 0 Å². The van der Waals surface area contributed by atoms with Crippen molar-refractivity contribution in [2.45, 2.75) is 45.9 Å². The molecule has 2 aromatic carbocycles. The summed E-state index contributed by atoms with van der Waals surface area (Å²) in [4.78, 5) is 6.82. The van der Waals surface area contributed by atoms with E-state index in [4.69, 9.17) is 17.0 Å². The minimum atomic E-state index is -0.149. The number of nitrogens with zero attached hydrogens (tertiary/aromatic N) is 3. The van der Waals surface area contributed by atoms with Crippen LogP contribution in [0.5, 0.6) is 11.5 Å². The monoisotopic (exact) mass is 498 g/mol. The fraction of sp³-hybridized carbons (Fsp3) is 0.241. The molecule has 0 aliphatic carbocycles. The molecule has 2 atom stereocenters. The predicted molar refractivity (Wildman–Crippen MR) is 147 cm³/mol. The van der Waals surface area contributed by atoms with Gasteiger partial charge in [-0.05, 0) is 100 Å². The Labute approximate surface area is 217 Å². The maximum absolute atomic E-state index is 10.6. The van der Waals surface area contributed by atoms with Crippen molar-refractivity contribution in [1.29, 1.82) is 0 Å². The second kappa shape index (κ2) is 9.66. The highest BCUT2D eigenvalue weighted by Gasteiger charge is 2.42. The quantitative estimate of drug-likeness (QED) is 0.311. The Morgan fingerprint density at radius 2 is 1.72 bits per heavy atom. The maximum Gasteiger partial charge on any atom is 0.174 e. The van der Waals surface area contributed by atoms with Crippen molar-refractivity contribution >= 4 is 23.0 Å². The summed E-state index contributed by atoms with van der Waals surface area (Å²) in [6.45, 7) is 8.17. The Balaban J connectivity index is 1.64. The molecule has 1 fully saturated rings. The lowest BCUT2D eigenvalue weighted by Gasteiger charge is -2.28. The zero-order chi connectivity index (χ0) is 25.4. The molecule has 6 nitrogen and oxygen atoms in total. The van der Waals surface area contributed by atoms with Crippen LogP contribution in [0.2, 0.25) is 0 Å². The first-order valence-electron chi connectivity index (χ1n) is 12.1. The lowest BCUT2D eigenvalue weighted by atomic mass is 9.96. The largest absolute Gasteiger partial charge is 0.506 e. The van der Waals surface area contributed by atoms with Crippen LogP contribution in [0.15, 0.2) is 79.0 Å². The van der Waals surface area contributed by atoms with Gasteiger partial charge in [0.1, 0.15) is 11.5 Å². The molecule has 0 saturated carbocycles. The van der Waals surface area contributed by atoms with Crippen LogP contribution < -0.4 is 15.0 Å². The number of benzene rings is 2. The maximum atomic E-state index is 10.6. The molecule has 0 spiro atoms. The summed E-state index contributed by atoms with van der Waals surface area (Å²) < 4.78 is 7.95. The van der Waals surface area contributed by atoms with Gasteiger partial charge < -0.3 is 24.6 Å². The number of pyridine rings is 1. The average Bonchev–Trinajstić information content (AvgIpc) is 3.35. The van der Waals surface area contributed by atoms with E-state index in [0.717, 1.165) is 39.8 Å². The Hall–Kier alpha value is -3.84. The third-order valence-electron chi connectivity index (χ3n) is 6.50. The van der Waals surface area contributed by atoms with E-state index in [0.29, 0.717) is 5.11 Å². The van der Waals surface area contributed by atoms with Crippen molar-refractivity contribution in [3.05, 3.63) is 102 Å². The van der Waals surface area contributed by atoms with Crippen LogP contribution in [0.4, 0.5) is 5.69 Å². The molecule has 7 heteroatoms. The van der Waals surface area contributed by atoms with E-state index in [9.17, 15) is 5.11 Å². The van der Waals surface area contributed by atoms with Crippen LogP contribution in [0.1, 0.15) is 48.6 Å². The number of aromatic nitrogens is 2. The predicted octanol–water partition coefficient (Wildman–Crippen LogP) is 6.16. The number of rotatable bonds is 6. The summed E-state index contributed by atoms with van der Waals surface area (Å²) in [6.07, 6.45) is 1.91. The molecule has 1 aliphatic heterocycles. The first-order valence-corrected chi connectivity index (χ1v) is 12.5. The Morgan fingerprint density at radius 3 is 2.39 bits per heavy atom. The molecule has 0 unspecified atom stereocenters. The van der Waals surface area contributed by atoms with Crippen molar-refractivity contribution < 1.29 is 9.84 Å². The average molecular weight is 499 g/mol. The SMILES string of the molecule is Cc1cc([C@@H]2[C@H](c3ccccn3)NC(=S)N2c2ccc(OC(C)C)cc2)c(C)n1-c1ccccc1O. The van der Waals surface area contributed by atoms with Crippen LogP contribution in [0.25, 0.3) is 5.69 Å². The van der Waals surface area contributed by atoms with Gasteiger partial charge in [-0.3, -0.25) is 4.98 Å². The molecule has 2 aromatic heterocycles. The van der Waals surface area contributed by atoms with Gasteiger partial charge in [0.2, 0.25) is 0 Å². The third kappa shape index (κ3) is 4.31. The second-order valence-corrected chi connectivity index (χ2v) is 9.69. The molecule has 0 radical (unpaired) electrons. The van der Waals surface area contributed by atoms with E-state index in [1.807, 2.05) is 80.7 Å². The Morgan fingerprint density at radius 1 is 1.00 bits per heavy atom. The minimum Gasteiger partial charge on any atom is -0.506 e. The Bertz CT molecular complexity index is 1380. The van der Waals surface area contributed by atoms with Gasteiger partial charge in [-0.25, -0.2) is 0 Å². The van der Waals surface area contributed by atoms with Crippen molar-refractivity contribution in [3.63, 3.8) is 0 Å². The molecular formula is C29H30N4O2S. The van der Waals surface area contributed by atoms with Gasteiger partial charge in [0, 0.05) is 23.3 Å². The highest BCUT2D eigenvalue weighted by Crippen LogP contribution is 2.44. The highest BCUT2D eigenvalue weighted by atomic mass is 32.1. The summed E-state index contributed by atoms with van der Waals surface area (Å²) in [7, 11) is 0. The highest BCUT2D eigenvalue weighted by molar-refractivity contribution is 7.80. The summed E-state index contributed by atoms with van der Waals surface area (Å²) >= 11 is 5.89. The van der Waals surface area contributed by atoms with E-state index in [1.54, 1.807) is 6.07 Å². The summed E-state index contributed by atoms with van der Waals surface area (Å²) in [6, 6.07) is 23.3. The fourth-order valence-electron chi connectivity index (χ4n) is 5.02. The number of phenolic OH excluding ortho intramolecular Hbond substituents is 1. The van der Waals surface area contributed by atoms with Crippen LogP contribution in [-0.2, 0) is 0 Å². The summed E-state index contributed by atoms with van der Waals surface area (Å²) in [5, 5.41) is 14.8. The zero-order valence-corrected chi connectivity index (χ0v) is 21.7.